The van der Waals surface area contributed by atoms with Crippen LogP contribution < -0.4 is 0 Å². The summed E-state index contributed by atoms with van der Waals surface area (Å²) in [6.07, 6.45) is 7.18. The number of fused-ring (bicyclic) bond motifs is 1. The van der Waals surface area contributed by atoms with E-state index in [0.29, 0.717) is 12.5 Å². The van der Waals surface area contributed by atoms with E-state index in [1.54, 1.807) is 6.20 Å². The summed E-state index contributed by atoms with van der Waals surface area (Å²) in [5.74, 6) is 1.09. The van der Waals surface area contributed by atoms with E-state index < -0.39 is 11.4 Å². The third-order valence-corrected chi connectivity index (χ3v) is 6.19. The molecule has 0 spiro atoms. The fourth-order valence-corrected chi connectivity index (χ4v) is 4.80. The molecule has 25 heavy (non-hydrogen) atoms. The fraction of sp³-hybridized carbons (Fsp3) is 0.500. The highest BCUT2D eigenvalue weighted by molar-refractivity contribution is 5.76. The van der Waals surface area contributed by atoms with Gasteiger partial charge in [0.15, 0.2) is 0 Å². The van der Waals surface area contributed by atoms with Gasteiger partial charge in [-0.15, -0.1) is 0 Å². The summed E-state index contributed by atoms with van der Waals surface area (Å²) in [5.41, 5.74) is 0.796. The summed E-state index contributed by atoms with van der Waals surface area (Å²) in [6.45, 7) is 2.43. The molecule has 2 aromatic rings. The molecule has 3 atom stereocenters. The minimum absolute atomic E-state index is 0.237. The number of benzene rings is 1. The average Bonchev–Trinajstić information content (AvgIpc) is 3.28. The molecule has 2 aliphatic rings. The smallest absolute Gasteiger partial charge is 0.311 e. The van der Waals surface area contributed by atoms with Gasteiger partial charge in [-0.05, 0) is 36.7 Å². The Labute approximate surface area is 148 Å². The maximum atomic E-state index is 12.1. The van der Waals surface area contributed by atoms with Crippen molar-refractivity contribution in [2.24, 2.45) is 11.3 Å². The lowest BCUT2D eigenvalue weighted by molar-refractivity contribution is -0.152. The first-order chi connectivity index (χ1) is 12.2. The number of imidazole rings is 1. The van der Waals surface area contributed by atoms with Crippen LogP contribution in [0.3, 0.4) is 0 Å². The average molecular weight is 339 g/mol. The molecule has 2 fully saturated rings. The summed E-state index contributed by atoms with van der Waals surface area (Å²) < 4.78 is 0. The number of hydrogen-bond donors (Lipinski definition) is 2. The summed E-state index contributed by atoms with van der Waals surface area (Å²) >= 11 is 0. The Balaban J connectivity index is 1.47. The van der Waals surface area contributed by atoms with E-state index in [0.717, 1.165) is 44.6 Å². The quantitative estimate of drug-likeness (QED) is 0.879. The molecule has 5 nitrogen and oxygen atoms in total. The lowest BCUT2D eigenvalue weighted by atomic mass is 9.64. The van der Waals surface area contributed by atoms with Crippen LogP contribution in [-0.2, 0) is 11.2 Å². The molecule has 0 amide bonds. The SMILES string of the molecule is O=C(O)[C@]12CC[C@H](c3ccccc3)C[C@H]1CN(CCc1ncc[nH]1)C2. The zero-order valence-corrected chi connectivity index (χ0v) is 14.4. The maximum Gasteiger partial charge on any atom is 0.311 e. The van der Waals surface area contributed by atoms with Gasteiger partial charge in [-0.25, -0.2) is 4.98 Å². The van der Waals surface area contributed by atoms with Gasteiger partial charge >= 0.3 is 5.97 Å². The van der Waals surface area contributed by atoms with Gasteiger partial charge in [-0.3, -0.25) is 4.79 Å². The lowest BCUT2D eigenvalue weighted by Gasteiger charge is -2.38. The summed E-state index contributed by atoms with van der Waals surface area (Å²) in [5, 5.41) is 9.98. The first-order valence-corrected chi connectivity index (χ1v) is 9.16. The molecular weight excluding hydrogens is 314 g/mol. The van der Waals surface area contributed by atoms with Gasteiger partial charge in [0, 0.05) is 38.4 Å². The number of H-pyrrole nitrogens is 1. The highest BCUT2D eigenvalue weighted by Crippen LogP contribution is 2.51. The van der Waals surface area contributed by atoms with Crippen LogP contribution in [0, 0.1) is 11.3 Å². The molecule has 1 saturated heterocycles. The first-order valence-electron chi connectivity index (χ1n) is 9.16. The highest BCUT2D eigenvalue weighted by atomic mass is 16.4. The minimum atomic E-state index is -0.607. The molecule has 4 rings (SSSR count). The zero-order chi connectivity index (χ0) is 17.3. The Hall–Kier alpha value is -2.14. The van der Waals surface area contributed by atoms with Crippen LogP contribution in [0.5, 0.6) is 0 Å². The largest absolute Gasteiger partial charge is 0.481 e. The standard InChI is InChI=1S/C20H25N3O2/c24-19(25)20-8-6-16(15-4-2-1-3-5-15)12-17(20)13-23(14-20)11-7-18-21-9-10-22-18/h1-5,9-10,16-17H,6-8,11-14H2,(H,21,22)(H,24,25)/t16-,17-,20-/m0/s1. The number of aromatic amines is 1. The van der Waals surface area contributed by atoms with Gasteiger partial charge in [0.25, 0.3) is 0 Å². The fourth-order valence-electron chi connectivity index (χ4n) is 4.80. The number of carboxylic acids is 1. The number of hydrogen-bond acceptors (Lipinski definition) is 3. The molecular formula is C20H25N3O2. The Kier molecular flexibility index (Phi) is 4.34. The first kappa shape index (κ1) is 16.3. The molecule has 0 bridgehead atoms. The Morgan fingerprint density at radius 2 is 2.20 bits per heavy atom. The van der Waals surface area contributed by atoms with Crippen LogP contribution in [0.1, 0.15) is 36.6 Å². The van der Waals surface area contributed by atoms with E-state index in [4.69, 9.17) is 0 Å². The predicted octanol–water partition coefficient (Wildman–Crippen LogP) is 2.92. The zero-order valence-electron chi connectivity index (χ0n) is 14.4. The topological polar surface area (TPSA) is 69.2 Å². The second-order valence-corrected chi connectivity index (χ2v) is 7.56. The number of aromatic nitrogens is 2. The van der Waals surface area contributed by atoms with Crippen molar-refractivity contribution < 1.29 is 9.90 Å². The van der Waals surface area contributed by atoms with Gasteiger partial charge < -0.3 is 15.0 Å². The monoisotopic (exact) mass is 339 g/mol. The lowest BCUT2D eigenvalue weighted by Crippen LogP contribution is -2.42. The molecule has 1 aliphatic carbocycles. The molecule has 1 aromatic heterocycles. The van der Waals surface area contributed by atoms with Gasteiger partial charge in [-0.1, -0.05) is 30.3 Å². The van der Waals surface area contributed by atoms with Crippen molar-refractivity contribution >= 4 is 5.97 Å². The third kappa shape index (κ3) is 3.09. The molecule has 132 valence electrons. The number of likely N-dealkylation sites (tertiary alicyclic amines) is 1. The predicted molar refractivity (Wildman–Crippen MR) is 95.3 cm³/mol. The van der Waals surface area contributed by atoms with Crippen molar-refractivity contribution in [1.29, 1.82) is 0 Å². The summed E-state index contributed by atoms with van der Waals surface area (Å²) in [4.78, 5) is 21.9. The molecule has 5 heteroatoms. The normalized spacial score (nSPS) is 29.4. The number of nitrogens with one attached hydrogen (secondary N) is 1. The minimum Gasteiger partial charge on any atom is -0.481 e. The maximum absolute atomic E-state index is 12.1. The van der Waals surface area contributed by atoms with Crippen LogP contribution >= 0.6 is 0 Å². The highest BCUT2D eigenvalue weighted by Gasteiger charge is 2.54. The Morgan fingerprint density at radius 3 is 2.92 bits per heavy atom. The molecule has 0 unspecified atom stereocenters. The van der Waals surface area contributed by atoms with Crippen molar-refractivity contribution in [3.8, 4) is 0 Å². The van der Waals surface area contributed by atoms with Crippen molar-refractivity contribution in [3.63, 3.8) is 0 Å². The van der Waals surface area contributed by atoms with E-state index in [1.807, 2.05) is 12.3 Å². The number of aliphatic carboxylic acids is 1. The second kappa shape index (κ2) is 6.64. The van der Waals surface area contributed by atoms with Crippen LogP contribution in [-0.4, -0.2) is 45.6 Å². The van der Waals surface area contributed by atoms with Crippen molar-refractivity contribution in [3.05, 3.63) is 54.1 Å². The second-order valence-electron chi connectivity index (χ2n) is 7.56. The van der Waals surface area contributed by atoms with Crippen molar-refractivity contribution in [1.82, 2.24) is 14.9 Å². The molecule has 1 aromatic carbocycles. The molecule has 2 heterocycles. The Bertz CT molecular complexity index is 716. The third-order valence-electron chi connectivity index (χ3n) is 6.19. The molecule has 2 N–H and O–H groups in total. The van der Waals surface area contributed by atoms with E-state index in [2.05, 4.69) is 39.1 Å². The van der Waals surface area contributed by atoms with Gasteiger partial charge in [0.05, 0.1) is 5.41 Å². The van der Waals surface area contributed by atoms with E-state index in [9.17, 15) is 9.90 Å². The van der Waals surface area contributed by atoms with Crippen LogP contribution in [0.15, 0.2) is 42.7 Å². The van der Waals surface area contributed by atoms with Crippen molar-refractivity contribution in [2.45, 2.75) is 31.6 Å². The molecule has 0 radical (unpaired) electrons. The summed E-state index contributed by atoms with van der Waals surface area (Å²) in [6, 6.07) is 10.6. The van der Waals surface area contributed by atoms with Crippen molar-refractivity contribution in [2.75, 3.05) is 19.6 Å². The van der Waals surface area contributed by atoms with Crippen LogP contribution in [0.4, 0.5) is 0 Å². The molecule has 1 aliphatic heterocycles. The van der Waals surface area contributed by atoms with E-state index in [1.165, 1.54) is 5.56 Å². The Morgan fingerprint density at radius 1 is 1.36 bits per heavy atom. The number of carboxylic acid groups (broad SMARTS) is 1. The van der Waals surface area contributed by atoms with Gasteiger partial charge in [-0.2, -0.15) is 0 Å². The molecule has 1 saturated carbocycles. The number of rotatable bonds is 5. The van der Waals surface area contributed by atoms with E-state index in [-0.39, 0.29) is 5.92 Å². The van der Waals surface area contributed by atoms with Gasteiger partial charge in [0.1, 0.15) is 5.82 Å². The summed E-state index contributed by atoms with van der Waals surface area (Å²) in [7, 11) is 0. The number of carbonyl (C=O) groups is 1. The van der Waals surface area contributed by atoms with Crippen LogP contribution in [0.25, 0.3) is 0 Å². The van der Waals surface area contributed by atoms with Gasteiger partial charge in [0.2, 0.25) is 0 Å². The van der Waals surface area contributed by atoms with Crippen LogP contribution in [0.2, 0.25) is 0 Å². The number of nitrogens with zero attached hydrogens (tertiary/aromatic N) is 2. The van der Waals surface area contributed by atoms with E-state index >= 15 is 0 Å².